The third-order valence-corrected chi connectivity index (χ3v) is 4.45. The van der Waals surface area contributed by atoms with Crippen LogP contribution in [0.5, 0.6) is 0 Å². The van der Waals surface area contributed by atoms with Gasteiger partial charge in [-0.15, -0.1) is 0 Å². The number of hydrogen-bond acceptors (Lipinski definition) is 4. The summed E-state index contributed by atoms with van der Waals surface area (Å²) in [4.78, 5) is 18.9. The standard InChI is InChI=1S/C20H26N4O2/c1-15(2)16-5-7-18(8-6-16)23-20(25)22-14-17-4-3-9-21-19(17)24-10-12-26-13-11-24/h3-9,15H,10-14H2,1-2H3,(H2,22,23,25). The second kappa shape index (κ2) is 8.67. The third kappa shape index (κ3) is 4.73. The van der Waals surface area contributed by atoms with Crippen LogP contribution in [0.3, 0.4) is 0 Å². The number of nitrogens with one attached hydrogen (secondary N) is 2. The quantitative estimate of drug-likeness (QED) is 0.864. The molecule has 1 aromatic carbocycles. The molecule has 2 aromatic rings. The molecule has 0 radical (unpaired) electrons. The molecule has 0 unspecified atom stereocenters. The van der Waals surface area contributed by atoms with Crippen LogP contribution in [0.1, 0.15) is 30.9 Å². The van der Waals surface area contributed by atoms with Crippen molar-refractivity contribution in [3.63, 3.8) is 0 Å². The van der Waals surface area contributed by atoms with Crippen LogP contribution in [-0.4, -0.2) is 37.3 Å². The van der Waals surface area contributed by atoms with Crippen LogP contribution in [0.25, 0.3) is 0 Å². The van der Waals surface area contributed by atoms with Gasteiger partial charge in [0.05, 0.1) is 13.2 Å². The molecule has 0 spiro atoms. The van der Waals surface area contributed by atoms with Crippen molar-refractivity contribution in [2.75, 3.05) is 36.5 Å². The van der Waals surface area contributed by atoms with Crippen molar-refractivity contribution in [2.45, 2.75) is 26.3 Å². The summed E-state index contributed by atoms with van der Waals surface area (Å²) in [7, 11) is 0. The molecule has 0 saturated carbocycles. The predicted molar refractivity (Wildman–Crippen MR) is 104 cm³/mol. The van der Waals surface area contributed by atoms with Crippen LogP contribution in [-0.2, 0) is 11.3 Å². The Labute approximate surface area is 154 Å². The maximum absolute atomic E-state index is 12.2. The van der Waals surface area contributed by atoms with Crippen LogP contribution in [0.15, 0.2) is 42.6 Å². The Morgan fingerprint density at radius 2 is 1.92 bits per heavy atom. The summed E-state index contributed by atoms with van der Waals surface area (Å²) >= 11 is 0. The molecule has 0 aliphatic carbocycles. The zero-order valence-corrected chi connectivity index (χ0v) is 15.4. The maximum Gasteiger partial charge on any atom is 0.319 e. The van der Waals surface area contributed by atoms with E-state index >= 15 is 0 Å². The van der Waals surface area contributed by atoms with Crippen LogP contribution in [0.2, 0.25) is 0 Å². The number of urea groups is 1. The second-order valence-corrected chi connectivity index (χ2v) is 6.67. The van der Waals surface area contributed by atoms with E-state index in [9.17, 15) is 4.79 Å². The lowest BCUT2D eigenvalue weighted by Gasteiger charge is -2.29. The van der Waals surface area contributed by atoms with Gasteiger partial charge in [0.1, 0.15) is 5.82 Å². The Kier molecular flexibility index (Phi) is 6.07. The molecule has 1 fully saturated rings. The average Bonchev–Trinajstić information content (AvgIpc) is 2.68. The van der Waals surface area contributed by atoms with Crippen LogP contribution >= 0.6 is 0 Å². The van der Waals surface area contributed by atoms with Gasteiger partial charge in [0, 0.05) is 37.1 Å². The smallest absolute Gasteiger partial charge is 0.319 e. The van der Waals surface area contributed by atoms with E-state index in [0.29, 0.717) is 25.7 Å². The largest absolute Gasteiger partial charge is 0.378 e. The molecule has 26 heavy (non-hydrogen) atoms. The van der Waals surface area contributed by atoms with Gasteiger partial charge >= 0.3 is 6.03 Å². The van der Waals surface area contributed by atoms with E-state index in [1.807, 2.05) is 36.4 Å². The fraction of sp³-hybridized carbons (Fsp3) is 0.400. The molecule has 1 aliphatic heterocycles. The van der Waals surface area contributed by atoms with Gasteiger partial charge in [0.2, 0.25) is 0 Å². The first-order chi connectivity index (χ1) is 12.6. The number of aromatic nitrogens is 1. The van der Waals surface area contributed by atoms with Crippen molar-refractivity contribution in [3.8, 4) is 0 Å². The van der Waals surface area contributed by atoms with Gasteiger partial charge in [-0.05, 0) is 29.7 Å². The average molecular weight is 354 g/mol. The predicted octanol–water partition coefficient (Wildman–Crippen LogP) is 3.36. The number of benzene rings is 1. The van der Waals surface area contributed by atoms with Crippen molar-refractivity contribution in [2.24, 2.45) is 0 Å². The van der Waals surface area contributed by atoms with Crippen molar-refractivity contribution in [3.05, 3.63) is 53.7 Å². The summed E-state index contributed by atoms with van der Waals surface area (Å²) < 4.78 is 5.40. The lowest BCUT2D eigenvalue weighted by atomic mass is 10.0. The highest BCUT2D eigenvalue weighted by atomic mass is 16.5. The van der Waals surface area contributed by atoms with Gasteiger partial charge in [0.15, 0.2) is 0 Å². The number of nitrogens with zero attached hydrogens (tertiary/aromatic N) is 2. The van der Waals surface area contributed by atoms with Crippen molar-refractivity contribution in [1.29, 1.82) is 0 Å². The van der Waals surface area contributed by atoms with E-state index < -0.39 is 0 Å². The van der Waals surface area contributed by atoms with E-state index in [-0.39, 0.29) is 6.03 Å². The molecule has 138 valence electrons. The van der Waals surface area contributed by atoms with Gasteiger partial charge in [-0.25, -0.2) is 9.78 Å². The molecule has 6 nitrogen and oxygen atoms in total. The van der Waals surface area contributed by atoms with Gasteiger partial charge in [-0.2, -0.15) is 0 Å². The highest BCUT2D eigenvalue weighted by Gasteiger charge is 2.16. The number of amides is 2. The van der Waals surface area contributed by atoms with E-state index in [4.69, 9.17) is 4.74 Å². The highest BCUT2D eigenvalue weighted by molar-refractivity contribution is 5.89. The normalized spacial score (nSPS) is 14.3. The highest BCUT2D eigenvalue weighted by Crippen LogP contribution is 2.19. The zero-order valence-electron chi connectivity index (χ0n) is 15.4. The molecule has 1 aromatic heterocycles. The topological polar surface area (TPSA) is 66.5 Å². The lowest BCUT2D eigenvalue weighted by Crippen LogP contribution is -2.38. The Morgan fingerprint density at radius 3 is 2.62 bits per heavy atom. The minimum Gasteiger partial charge on any atom is -0.378 e. The summed E-state index contributed by atoms with van der Waals surface area (Å²) in [5.74, 6) is 1.39. The van der Waals surface area contributed by atoms with Gasteiger partial charge in [-0.1, -0.05) is 32.0 Å². The summed E-state index contributed by atoms with van der Waals surface area (Å²) in [6, 6.07) is 11.6. The van der Waals surface area contributed by atoms with Gasteiger partial charge in [-0.3, -0.25) is 0 Å². The van der Waals surface area contributed by atoms with E-state index in [2.05, 4.69) is 34.4 Å². The molecule has 2 heterocycles. The summed E-state index contributed by atoms with van der Waals surface area (Å²) in [5, 5.41) is 5.79. The molecule has 6 heteroatoms. The van der Waals surface area contributed by atoms with Crippen LogP contribution < -0.4 is 15.5 Å². The number of anilines is 2. The number of morpholine rings is 1. The number of pyridine rings is 1. The Morgan fingerprint density at radius 1 is 1.19 bits per heavy atom. The SMILES string of the molecule is CC(C)c1ccc(NC(=O)NCc2cccnc2N2CCOCC2)cc1. The molecule has 3 rings (SSSR count). The van der Waals surface area contributed by atoms with Crippen LogP contribution in [0, 0.1) is 0 Å². The minimum absolute atomic E-state index is 0.223. The number of carbonyl (C=O) groups is 1. The number of rotatable bonds is 5. The van der Waals surface area contributed by atoms with Crippen molar-refractivity contribution in [1.82, 2.24) is 10.3 Å². The second-order valence-electron chi connectivity index (χ2n) is 6.67. The van der Waals surface area contributed by atoms with E-state index in [1.165, 1.54) is 5.56 Å². The molecular weight excluding hydrogens is 328 g/mol. The summed E-state index contributed by atoms with van der Waals surface area (Å²) in [5.41, 5.74) is 3.03. The van der Waals surface area contributed by atoms with Crippen molar-refractivity contribution >= 4 is 17.5 Å². The first-order valence-electron chi connectivity index (χ1n) is 9.05. The monoisotopic (exact) mass is 354 g/mol. The molecule has 1 saturated heterocycles. The lowest BCUT2D eigenvalue weighted by molar-refractivity contribution is 0.122. The Hall–Kier alpha value is -2.60. The molecule has 2 N–H and O–H groups in total. The summed E-state index contributed by atoms with van der Waals surface area (Å²) in [6.07, 6.45) is 1.78. The van der Waals surface area contributed by atoms with Gasteiger partial charge in [0.25, 0.3) is 0 Å². The van der Waals surface area contributed by atoms with Gasteiger partial charge < -0.3 is 20.3 Å². The zero-order chi connectivity index (χ0) is 18.4. The first kappa shape index (κ1) is 18.2. The van der Waals surface area contributed by atoms with E-state index in [0.717, 1.165) is 30.2 Å². The number of ether oxygens (including phenoxy) is 1. The van der Waals surface area contributed by atoms with Crippen LogP contribution in [0.4, 0.5) is 16.3 Å². The molecular formula is C20H26N4O2. The number of hydrogen-bond donors (Lipinski definition) is 2. The third-order valence-electron chi connectivity index (χ3n) is 4.45. The molecule has 2 amide bonds. The Balaban J connectivity index is 1.57. The summed E-state index contributed by atoms with van der Waals surface area (Å²) in [6.45, 7) is 7.77. The molecule has 0 atom stereocenters. The number of carbonyl (C=O) groups excluding carboxylic acids is 1. The van der Waals surface area contributed by atoms with E-state index in [1.54, 1.807) is 6.20 Å². The maximum atomic E-state index is 12.2. The molecule has 1 aliphatic rings. The first-order valence-corrected chi connectivity index (χ1v) is 9.05. The minimum atomic E-state index is -0.223. The Bertz CT molecular complexity index is 725. The fourth-order valence-electron chi connectivity index (χ4n) is 2.93. The fourth-order valence-corrected chi connectivity index (χ4v) is 2.93. The molecule has 0 bridgehead atoms. The van der Waals surface area contributed by atoms with Crippen molar-refractivity contribution < 1.29 is 9.53 Å².